The molecule has 0 spiro atoms. The van der Waals surface area contributed by atoms with E-state index >= 15 is 0 Å². The molecule has 0 radical (unpaired) electrons. The molecular weight excluding hydrogens is 358 g/mol. The fourth-order valence-corrected chi connectivity index (χ4v) is 5.80. The van der Waals surface area contributed by atoms with Gasteiger partial charge in [-0.05, 0) is 70.1 Å². The minimum absolute atomic E-state index is 0.451. The van der Waals surface area contributed by atoms with Gasteiger partial charge in [0.25, 0.3) is 0 Å². The molecule has 0 bridgehead atoms. The van der Waals surface area contributed by atoms with Gasteiger partial charge < -0.3 is 14.9 Å². The van der Waals surface area contributed by atoms with Gasteiger partial charge >= 0.3 is 0 Å². The molecule has 1 N–H and O–H groups in total. The van der Waals surface area contributed by atoms with Crippen LogP contribution in [0.25, 0.3) is 0 Å². The zero-order chi connectivity index (χ0) is 19.9. The van der Waals surface area contributed by atoms with E-state index in [1.807, 2.05) is 12.1 Å². The van der Waals surface area contributed by atoms with Crippen LogP contribution in [0, 0.1) is 5.92 Å². The number of phenolic OH excluding ortho intramolecular Hbond substituents is 1. The van der Waals surface area contributed by atoms with E-state index in [1.165, 1.54) is 97.1 Å². The fourth-order valence-electron chi connectivity index (χ4n) is 5.80. The molecule has 4 rings (SSSR count). The second-order valence-electron chi connectivity index (χ2n) is 9.71. The molecule has 4 heteroatoms. The molecule has 4 nitrogen and oxygen atoms in total. The van der Waals surface area contributed by atoms with Crippen molar-refractivity contribution in [3.63, 3.8) is 0 Å². The first kappa shape index (κ1) is 21.1. The van der Waals surface area contributed by atoms with E-state index in [9.17, 15) is 5.11 Å². The van der Waals surface area contributed by atoms with Crippen LogP contribution in [-0.4, -0.2) is 71.7 Å². The number of phenols is 1. The number of benzene rings is 1. The predicted molar refractivity (Wildman–Crippen MR) is 120 cm³/mol. The van der Waals surface area contributed by atoms with E-state index in [2.05, 4.69) is 26.8 Å². The van der Waals surface area contributed by atoms with Crippen LogP contribution in [0.15, 0.2) is 24.3 Å². The van der Waals surface area contributed by atoms with Crippen molar-refractivity contribution in [2.45, 2.75) is 70.4 Å². The van der Waals surface area contributed by atoms with E-state index in [0.717, 1.165) is 30.6 Å². The number of hydrogen-bond donors (Lipinski definition) is 1. The molecule has 2 saturated heterocycles. The maximum absolute atomic E-state index is 10.3. The van der Waals surface area contributed by atoms with Gasteiger partial charge in [0.1, 0.15) is 5.75 Å². The average Bonchev–Trinajstić information content (AvgIpc) is 3.30. The van der Waals surface area contributed by atoms with Crippen LogP contribution in [0.3, 0.4) is 0 Å². The second kappa shape index (κ2) is 10.8. The van der Waals surface area contributed by atoms with Crippen LogP contribution < -0.4 is 0 Å². The van der Waals surface area contributed by atoms with Crippen LogP contribution in [0.4, 0.5) is 0 Å². The van der Waals surface area contributed by atoms with Crippen molar-refractivity contribution >= 4 is 0 Å². The van der Waals surface area contributed by atoms with Crippen LogP contribution in [-0.2, 0) is 6.54 Å². The summed E-state index contributed by atoms with van der Waals surface area (Å²) in [6, 6.07) is 8.77. The van der Waals surface area contributed by atoms with Gasteiger partial charge in [-0.3, -0.25) is 4.90 Å². The molecule has 3 fully saturated rings. The largest absolute Gasteiger partial charge is 0.508 e. The third-order valence-electron chi connectivity index (χ3n) is 7.47. The van der Waals surface area contributed by atoms with Crippen molar-refractivity contribution in [2.24, 2.45) is 5.92 Å². The predicted octanol–water partition coefficient (Wildman–Crippen LogP) is 4.33. The van der Waals surface area contributed by atoms with Crippen molar-refractivity contribution in [1.29, 1.82) is 0 Å². The highest BCUT2D eigenvalue weighted by atomic mass is 16.3. The van der Waals surface area contributed by atoms with E-state index in [1.54, 1.807) is 0 Å². The van der Waals surface area contributed by atoms with Gasteiger partial charge in [0.2, 0.25) is 0 Å². The Labute approximate surface area is 177 Å². The Hall–Kier alpha value is -1.10. The topological polar surface area (TPSA) is 30.0 Å². The van der Waals surface area contributed by atoms with Gasteiger partial charge in [-0.1, -0.05) is 37.5 Å². The molecule has 1 aromatic carbocycles. The molecule has 0 aromatic heterocycles. The van der Waals surface area contributed by atoms with Crippen LogP contribution in [0.1, 0.15) is 63.4 Å². The summed E-state index contributed by atoms with van der Waals surface area (Å²) in [7, 11) is 0. The summed E-state index contributed by atoms with van der Waals surface area (Å²) in [4.78, 5) is 8.09. The van der Waals surface area contributed by atoms with Crippen molar-refractivity contribution < 1.29 is 5.11 Å². The first-order valence-electron chi connectivity index (χ1n) is 12.2. The molecule has 2 aliphatic heterocycles. The maximum Gasteiger partial charge on any atom is 0.120 e. The monoisotopic (exact) mass is 399 g/mol. The molecule has 1 saturated carbocycles. The summed E-state index contributed by atoms with van der Waals surface area (Å²) in [6.45, 7) is 9.47. The third-order valence-corrected chi connectivity index (χ3v) is 7.47. The van der Waals surface area contributed by atoms with Crippen molar-refractivity contribution in [3.05, 3.63) is 29.8 Å². The smallest absolute Gasteiger partial charge is 0.120 e. The third kappa shape index (κ3) is 6.19. The molecule has 3 aliphatic rings. The number of aromatic hydroxyl groups is 1. The highest BCUT2D eigenvalue weighted by molar-refractivity contribution is 5.31. The molecule has 2 heterocycles. The number of hydrogen-bond acceptors (Lipinski definition) is 4. The van der Waals surface area contributed by atoms with E-state index in [0.29, 0.717) is 5.75 Å². The zero-order valence-corrected chi connectivity index (χ0v) is 18.3. The number of rotatable bonds is 8. The van der Waals surface area contributed by atoms with Crippen molar-refractivity contribution in [3.8, 4) is 5.75 Å². The summed E-state index contributed by atoms with van der Waals surface area (Å²) in [5, 5.41) is 10.3. The summed E-state index contributed by atoms with van der Waals surface area (Å²) >= 11 is 0. The molecule has 0 amide bonds. The number of likely N-dealkylation sites (tertiary alicyclic amines) is 2. The maximum atomic E-state index is 10.3. The molecule has 1 unspecified atom stereocenters. The number of para-hydroxylation sites is 1. The SMILES string of the molecule is Oc1ccccc1CN(CCN1CCCCC1)CC1CCCN(C2CCCC2)C1. The lowest BCUT2D eigenvalue weighted by Gasteiger charge is -2.39. The van der Waals surface area contributed by atoms with Crippen molar-refractivity contribution in [2.75, 3.05) is 45.8 Å². The van der Waals surface area contributed by atoms with Crippen molar-refractivity contribution in [1.82, 2.24) is 14.7 Å². The minimum atomic E-state index is 0.451. The van der Waals surface area contributed by atoms with Crippen LogP contribution in [0.2, 0.25) is 0 Å². The number of piperidine rings is 2. The Morgan fingerprint density at radius 2 is 1.69 bits per heavy atom. The average molecular weight is 400 g/mol. The van der Waals surface area contributed by atoms with E-state index in [-0.39, 0.29) is 0 Å². The first-order valence-corrected chi connectivity index (χ1v) is 12.2. The standard InChI is InChI=1S/C25H41N3O/c29-25-13-5-2-10-23(25)21-27(18-17-26-14-6-1-7-15-26)19-22-9-8-16-28(20-22)24-11-3-4-12-24/h2,5,10,13,22,24,29H,1,3-4,6-9,11-12,14-21H2. The molecule has 1 aromatic rings. The number of nitrogens with zero attached hydrogens (tertiary/aromatic N) is 3. The van der Waals surface area contributed by atoms with Gasteiger partial charge in [-0.25, -0.2) is 0 Å². The van der Waals surface area contributed by atoms with E-state index < -0.39 is 0 Å². The minimum Gasteiger partial charge on any atom is -0.508 e. The molecular formula is C25H41N3O. The summed E-state index contributed by atoms with van der Waals surface area (Å²) in [5.74, 6) is 1.23. The Morgan fingerprint density at radius 1 is 0.897 bits per heavy atom. The van der Waals surface area contributed by atoms with Gasteiger partial charge in [0, 0.05) is 44.3 Å². The van der Waals surface area contributed by atoms with Crippen LogP contribution >= 0.6 is 0 Å². The molecule has 1 atom stereocenters. The van der Waals surface area contributed by atoms with Gasteiger partial charge in [-0.15, -0.1) is 0 Å². The quantitative estimate of drug-likeness (QED) is 0.704. The Balaban J connectivity index is 1.36. The van der Waals surface area contributed by atoms with E-state index in [4.69, 9.17) is 0 Å². The molecule has 29 heavy (non-hydrogen) atoms. The lowest BCUT2D eigenvalue weighted by Crippen LogP contribution is -2.46. The highest BCUT2D eigenvalue weighted by Gasteiger charge is 2.29. The zero-order valence-electron chi connectivity index (χ0n) is 18.3. The normalized spacial score (nSPS) is 25.1. The van der Waals surface area contributed by atoms with Gasteiger partial charge in [-0.2, -0.15) is 0 Å². The Kier molecular flexibility index (Phi) is 7.87. The first-order chi connectivity index (χ1) is 14.3. The lowest BCUT2D eigenvalue weighted by atomic mass is 9.95. The molecule has 1 aliphatic carbocycles. The van der Waals surface area contributed by atoms with Gasteiger partial charge in [0.15, 0.2) is 0 Å². The summed E-state index contributed by atoms with van der Waals surface area (Å²) in [5.41, 5.74) is 1.08. The fraction of sp³-hybridized carbons (Fsp3) is 0.760. The summed E-state index contributed by atoms with van der Waals surface area (Å²) in [6.07, 6.45) is 12.5. The van der Waals surface area contributed by atoms with Crippen LogP contribution in [0.5, 0.6) is 5.75 Å². The lowest BCUT2D eigenvalue weighted by molar-refractivity contribution is 0.0909. The Morgan fingerprint density at radius 3 is 2.48 bits per heavy atom. The summed E-state index contributed by atoms with van der Waals surface area (Å²) < 4.78 is 0. The Bertz CT molecular complexity index is 610. The highest BCUT2D eigenvalue weighted by Crippen LogP contribution is 2.29. The second-order valence-corrected chi connectivity index (χ2v) is 9.71. The van der Waals surface area contributed by atoms with Gasteiger partial charge in [0.05, 0.1) is 0 Å². The molecule has 162 valence electrons.